The quantitative estimate of drug-likeness (QED) is 0.895. The second-order valence-electron chi connectivity index (χ2n) is 3.41. The van der Waals surface area contributed by atoms with E-state index in [9.17, 15) is 9.90 Å². The second-order valence-corrected chi connectivity index (χ2v) is 5.18. The van der Waals surface area contributed by atoms with E-state index >= 15 is 0 Å². The van der Waals surface area contributed by atoms with Crippen molar-refractivity contribution >= 4 is 38.3 Å². The Labute approximate surface area is 110 Å². The van der Waals surface area contributed by atoms with Crippen LogP contribution in [-0.4, -0.2) is 16.0 Å². The molecule has 0 saturated carbocycles. The molecule has 0 radical (unpaired) electrons. The van der Waals surface area contributed by atoms with Gasteiger partial charge in [-0.15, -0.1) is 11.3 Å². The predicted octanol–water partition coefficient (Wildman–Crippen LogP) is 3.17. The van der Waals surface area contributed by atoms with E-state index in [0.717, 1.165) is 10.2 Å². The Kier molecular flexibility index (Phi) is 3.44. The zero-order valence-electron chi connectivity index (χ0n) is 8.90. The zero-order chi connectivity index (χ0) is 12.4. The molecule has 0 aliphatic carbocycles. The van der Waals surface area contributed by atoms with Gasteiger partial charge in [0.2, 0.25) is 0 Å². The number of nitrogens with one attached hydrogen (secondary N) is 1. The molecule has 0 atom stereocenters. The van der Waals surface area contributed by atoms with E-state index in [-0.39, 0.29) is 17.2 Å². The summed E-state index contributed by atoms with van der Waals surface area (Å²) in [5.41, 5.74) is 1.07. The third-order valence-electron chi connectivity index (χ3n) is 2.04. The number of halogens is 1. The molecule has 1 aromatic heterocycles. The molecule has 1 amide bonds. The number of aromatic nitrogens is 1. The van der Waals surface area contributed by atoms with Gasteiger partial charge in [0.25, 0.3) is 5.91 Å². The van der Waals surface area contributed by atoms with Crippen LogP contribution in [0.3, 0.4) is 0 Å². The molecule has 17 heavy (non-hydrogen) atoms. The lowest BCUT2D eigenvalue weighted by Gasteiger charge is -2.04. The van der Waals surface area contributed by atoms with E-state index in [1.165, 1.54) is 17.4 Å². The summed E-state index contributed by atoms with van der Waals surface area (Å²) < 4.78 is 0.732. The number of carbonyl (C=O) groups is 1. The number of hydrogen-bond donors (Lipinski definition) is 2. The SMILES string of the molecule is Cc1csc(NC(=O)c2cc(Br)ccc2O)n1. The molecule has 1 aromatic carbocycles. The van der Waals surface area contributed by atoms with Gasteiger partial charge in [-0.25, -0.2) is 4.98 Å². The van der Waals surface area contributed by atoms with Crippen molar-refractivity contribution in [2.24, 2.45) is 0 Å². The fourth-order valence-electron chi connectivity index (χ4n) is 1.27. The summed E-state index contributed by atoms with van der Waals surface area (Å²) in [5, 5.41) is 14.6. The van der Waals surface area contributed by atoms with E-state index in [4.69, 9.17) is 0 Å². The van der Waals surface area contributed by atoms with Crippen LogP contribution in [-0.2, 0) is 0 Å². The molecule has 88 valence electrons. The summed E-state index contributed by atoms with van der Waals surface area (Å²) in [6, 6.07) is 4.69. The number of thiazole rings is 1. The number of benzene rings is 1. The van der Waals surface area contributed by atoms with Gasteiger partial charge in [0.1, 0.15) is 5.75 Å². The first-order chi connectivity index (χ1) is 8.06. The summed E-state index contributed by atoms with van der Waals surface area (Å²) >= 11 is 4.60. The molecule has 4 nitrogen and oxygen atoms in total. The maximum absolute atomic E-state index is 11.9. The number of rotatable bonds is 2. The number of amides is 1. The zero-order valence-corrected chi connectivity index (χ0v) is 11.3. The molecule has 0 unspecified atom stereocenters. The van der Waals surface area contributed by atoms with Crippen LogP contribution in [0.15, 0.2) is 28.1 Å². The topological polar surface area (TPSA) is 62.2 Å². The summed E-state index contributed by atoms with van der Waals surface area (Å²) in [5.74, 6) is -0.433. The van der Waals surface area contributed by atoms with Crippen LogP contribution in [0.1, 0.15) is 16.1 Å². The summed E-state index contributed by atoms with van der Waals surface area (Å²) in [7, 11) is 0. The van der Waals surface area contributed by atoms with Crippen LogP contribution < -0.4 is 5.32 Å². The minimum absolute atomic E-state index is 0.0565. The van der Waals surface area contributed by atoms with Gasteiger partial charge in [0.15, 0.2) is 5.13 Å². The minimum Gasteiger partial charge on any atom is -0.507 e. The smallest absolute Gasteiger partial charge is 0.261 e. The van der Waals surface area contributed by atoms with Gasteiger partial charge in [0, 0.05) is 9.85 Å². The molecule has 0 aliphatic heterocycles. The van der Waals surface area contributed by atoms with E-state index in [1.807, 2.05) is 12.3 Å². The average Bonchev–Trinajstić information content (AvgIpc) is 2.67. The van der Waals surface area contributed by atoms with Crippen molar-refractivity contribution in [1.29, 1.82) is 0 Å². The summed E-state index contributed by atoms with van der Waals surface area (Å²) in [4.78, 5) is 16.0. The maximum Gasteiger partial charge on any atom is 0.261 e. The van der Waals surface area contributed by atoms with Crippen molar-refractivity contribution in [3.63, 3.8) is 0 Å². The fraction of sp³-hybridized carbons (Fsp3) is 0.0909. The molecule has 0 bridgehead atoms. The van der Waals surface area contributed by atoms with E-state index in [0.29, 0.717) is 5.13 Å². The molecule has 0 fully saturated rings. The Morgan fingerprint density at radius 3 is 2.94 bits per heavy atom. The largest absolute Gasteiger partial charge is 0.507 e. The van der Waals surface area contributed by atoms with E-state index < -0.39 is 0 Å². The van der Waals surface area contributed by atoms with Crippen LogP contribution in [0.2, 0.25) is 0 Å². The van der Waals surface area contributed by atoms with Gasteiger partial charge in [-0.1, -0.05) is 15.9 Å². The van der Waals surface area contributed by atoms with Crippen LogP contribution in [0.4, 0.5) is 5.13 Å². The molecule has 1 heterocycles. The molecule has 0 aliphatic rings. The molecule has 0 spiro atoms. The lowest BCUT2D eigenvalue weighted by molar-refractivity contribution is 0.102. The molecule has 2 rings (SSSR count). The molecule has 0 saturated heterocycles. The average molecular weight is 313 g/mol. The number of phenolic OH excluding ortho intramolecular Hbond substituents is 1. The van der Waals surface area contributed by atoms with Crippen molar-refractivity contribution in [1.82, 2.24) is 4.98 Å². The Hall–Kier alpha value is -1.40. The Morgan fingerprint density at radius 2 is 2.29 bits per heavy atom. The molecule has 6 heteroatoms. The molecule has 2 aromatic rings. The number of aryl methyl sites for hydroxylation is 1. The lowest BCUT2D eigenvalue weighted by atomic mass is 10.2. The lowest BCUT2D eigenvalue weighted by Crippen LogP contribution is -2.11. The van der Waals surface area contributed by atoms with Crippen molar-refractivity contribution in [2.75, 3.05) is 5.32 Å². The van der Waals surface area contributed by atoms with Crippen molar-refractivity contribution in [3.05, 3.63) is 39.3 Å². The monoisotopic (exact) mass is 312 g/mol. The normalized spacial score (nSPS) is 10.2. The molecular formula is C11H9BrN2O2S. The number of nitrogens with zero attached hydrogens (tertiary/aromatic N) is 1. The first-order valence-electron chi connectivity index (χ1n) is 4.78. The third-order valence-corrected chi connectivity index (χ3v) is 3.41. The van der Waals surface area contributed by atoms with Gasteiger partial charge in [0.05, 0.1) is 11.3 Å². The number of anilines is 1. The Morgan fingerprint density at radius 1 is 1.53 bits per heavy atom. The molecular weight excluding hydrogens is 304 g/mol. The highest BCUT2D eigenvalue weighted by atomic mass is 79.9. The fourth-order valence-corrected chi connectivity index (χ4v) is 2.31. The van der Waals surface area contributed by atoms with Gasteiger partial charge in [-0.05, 0) is 25.1 Å². The highest BCUT2D eigenvalue weighted by Gasteiger charge is 2.13. The van der Waals surface area contributed by atoms with Gasteiger partial charge in [-0.3, -0.25) is 10.1 Å². The number of carbonyl (C=O) groups excluding carboxylic acids is 1. The van der Waals surface area contributed by atoms with Crippen molar-refractivity contribution in [2.45, 2.75) is 6.92 Å². The van der Waals surface area contributed by atoms with Gasteiger partial charge >= 0.3 is 0 Å². The third kappa shape index (κ3) is 2.83. The van der Waals surface area contributed by atoms with E-state index in [1.54, 1.807) is 12.1 Å². The first kappa shape index (κ1) is 12.1. The van der Waals surface area contributed by atoms with Crippen molar-refractivity contribution < 1.29 is 9.90 Å². The second kappa shape index (κ2) is 4.85. The van der Waals surface area contributed by atoms with Crippen LogP contribution in [0.25, 0.3) is 0 Å². The highest BCUT2D eigenvalue weighted by molar-refractivity contribution is 9.10. The Bertz CT molecular complexity index is 568. The Balaban J connectivity index is 2.22. The van der Waals surface area contributed by atoms with E-state index in [2.05, 4.69) is 26.2 Å². The summed E-state index contributed by atoms with van der Waals surface area (Å²) in [6.07, 6.45) is 0. The first-order valence-corrected chi connectivity index (χ1v) is 6.45. The van der Waals surface area contributed by atoms with Crippen LogP contribution in [0, 0.1) is 6.92 Å². The predicted molar refractivity (Wildman–Crippen MR) is 70.6 cm³/mol. The maximum atomic E-state index is 11.9. The highest BCUT2D eigenvalue weighted by Crippen LogP contribution is 2.23. The van der Waals surface area contributed by atoms with Crippen LogP contribution in [0.5, 0.6) is 5.75 Å². The minimum atomic E-state index is -0.377. The van der Waals surface area contributed by atoms with Gasteiger partial charge in [-0.2, -0.15) is 0 Å². The standard InChI is InChI=1S/C11H9BrN2O2S/c1-6-5-17-11(13-6)14-10(16)8-4-7(12)2-3-9(8)15/h2-5,15H,1H3,(H,13,14,16). The van der Waals surface area contributed by atoms with Crippen LogP contribution >= 0.6 is 27.3 Å². The molecule has 2 N–H and O–H groups in total. The summed E-state index contributed by atoms with van der Waals surface area (Å²) in [6.45, 7) is 1.85. The number of phenols is 1. The number of hydrogen-bond acceptors (Lipinski definition) is 4. The number of aromatic hydroxyl groups is 1. The van der Waals surface area contributed by atoms with Crippen molar-refractivity contribution in [3.8, 4) is 5.75 Å². The van der Waals surface area contributed by atoms with Gasteiger partial charge < -0.3 is 5.11 Å².